The summed E-state index contributed by atoms with van der Waals surface area (Å²) < 4.78 is 5.19. The zero-order chi connectivity index (χ0) is 18.5. The molecule has 2 aromatic rings. The molecule has 0 aliphatic heterocycles. The van der Waals surface area contributed by atoms with Crippen molar-refractivity contribution in [1.29, 1.82) is 0 Å². The Morgan fingerprint density at radius 1 is 0.923 bits per heavy atom. The van der Waals surface area contributed by atoms with Crippen molar-refractivity contribution in [2.45, 2.75) is 58.3 Å². The molecule has 138 valence electrons. The molecule has 3 nitrogen and oxygen atoms in total. The van der Waals surface area contributed by atoms with Gasteiger partial charge in [0.05, 0.1) is 0 Å². The van der Waals surface area contributed by atoms with E-state index >= 15 is 0 Å². The van der Waals surface area contributed by atoms with Crippen LogP contribution in [0.2, 0.25) is 0 Å². The highest BCUT2D eigenvalue weighted by Crippen LogP contribution is 2.45. The summed E-state index contributed by atoms with van der Waals surface area (Å²) in [5, 5.41) is 0. The lowest BCUT2D eigenvalue weighted by Crippen LogP contribution is -2.17. The van der Waals surface area contributed by atoms with Crippen molar-refractivity contribution in [2.75, 3.05) is 6.61 Å². The monoisotopic (exact) mass is 351 g/mol. The molecule has 0 radical (unpaired) electrons. The second-order valence-corrected chi connectivity index (χ2v) is 7.23. The van der Waals surface area contributed by atoms with Crippen LogP contribution in [0.4, 0.5) is 4.79 Å². The Labute approximate surface area is 156 Å². The number of nitrogens with two attached hydrogens (primary N) is 1. The number of carbonyl (C=O) groups is 1. The molecule has 2 aromatic carbocycles. The van der Waals surface area contributed by atoms with Gasteiger partial charge in [0.2, 0.25) is 0 Å². The van der Waals surface area contributed by atoms with Crippen LogP contribution in [0.5, 0.6) is 0 Å². The molecule has 1 aliphatic rings. The number of carbonyl (C=O) groups excluding carboxylic acids is 1. The quantitative estimate of drug-likeness (QED) is 0.675. The minimum Gasteiger partial charge on any atom is -0.449 e. The zero-order valence-electron chi connectivity index (χ0n) is 15.9. The molecule has 1 aliphatic carbocycles. The predicted octanol–water partition coefficient (Wildman–Crippen LogP) is 5.58. The molecule has 0 spiro atoms. The van der Waals surface area contributed by atoms with Crippen LogP contribution in [0.1, 0.15) is 67.7 Å². The molecule has 0 aromatic heterocycles. The maximum absolute atomic E-state index is 11.2. The zero-order valence-corrected chi connectivity index (χ0v) is 15.9. The Hall–Kier alpha value is -2.29. The van der Waals surface area contributed by atoms with Gasteiger partial charge in [0.1, 0.15) is 6.61 Å². The van der Waals surface area contributed by atoms with Crippen LogP contribution >= 0.6 is 0 Å². The smallest absolute Gasteiger partial charge is 0.404 e. The summed E-state index contributed by atoms with van der Waals surface area (Å²) in [4.78, 5) is 11.2. The third-order valence-corrected chi connectivity index (χ3v) is 5.30. The number of benzene rings is 2. The van der Waals surface area contributed by atoms with Gasteiger partial charge in [-0.1, -0.05) is 63.1 Å². The van der Waals surface area contributed by atoms with Gasteiger partial charge >= 0.3 is 6.09 Å². The fourth-order valence-corrected chi connectivity index (χ4v) is 3.87. The van der Waals surface area contributed by atoms with Crippen LogP contribution in [0.3, 0.4) is 0 Å². The van der Waals surface area contributed by atoms with Gasteiger partial charge in [0.15, 0.2) is 0 Å². The second-order valence-electron chi connectivity index (χ2n) is 7.23. The summed E-state index contributed by atoms with van der Waals surface area (Å²) in [5.74, 6) is 0.0781. The maximum Gasteiger partial charge on any atom is 0.404 e. The van der Waals surface area contributed by atoms with Crippen molar-refractivity contribution in [3.63, 3.8) is 0 Å². The predicted molar refractivity (Wildman–Crippen MR) is 106 cm³/mol. The van der Waals surface area contributed by atoms with Gasteiger partial charge in [0.25, 0.3) is 0 Å². The van der Waals surface area contributed by atoms with Crippen LogP contribution in [-0.4, -0.2) is 12.7 Å². The highest BCUT2D eigenvalue weighted by molar-refractivity contribution is 5.80. The molecular formula is C23H29NO2. The summed E-state index contributed by atoms with van der Waals surface area (Å²) in [6.45, 7) is 4.74. The molecule has 26 heavy (non-hydrogen) atoms. The first-order chi connectivity index (χ1) is 12.6. The van der Waals surface area contributed by atoms with E-state index in [9.17, 15) is 4.79 Å². The van der Waals surface area contributed by atoms with E-state index in [4.69, 9.17) is 10.5 Å². The fourth-order valence-electron chi connectivity index (χ4n) is 3.87. The lowest BCUT2D eigenvalue weighted by molar-refractivity contribution is 0.153. The van der Waals surface area contributed by atoms with Crippen molar-refractivity contribution in [1.82, 2.24) is 0 Å². The van der Waals surface area contributed by atoms with E-state index in [1.54, 1.807) is 0 Å². The SMILES string of the molecule is CCCCc1ccc2c(c1)-c1ccc(CCCC)cc1C2COC(N)=O. The highest BCUT2D eigenvalue weighted by atomic mass is 16.5. The third-order valence-electron chi connectivity index (χ3n) is 5.30. The van der Waals surface area contributed by atoms with Gasteiger partial charge in [-0.2, -0.15) is 0 Å². The van der Waals surface area contributed by atoms with Crippen molar-refractivity contribution in [3.05, 3.63) is 58.7 Å². The Kier molecular flexibility index (Phi) is 5.97. The summed E-state index contributed by atoms with van der Waals surface area (Å²) in [6, 6.07) is 13.5. The van der Waals surface area contributed by atoms with Gasteiger partial charge in [-0.05, 0) is 59.1 Å². The number of amides is 1. The number of primary amides is 1. The van der Waals surface area contributed by atoms with E-state index in [0.717, 1.165) is 12.8 Å². The van der Waals surface area contributed by atoms with Crippen molar-refractivity contribution in [2.24, 2.45) is 5.73 Å². The van der Waals surface area contributed by atoms with Crippen LogP contribution in [0.25, 0.3) is 11.1 Å². The average molecular weight is 351 g/mol. The minimum absolute atomic E-state index is 0.0781. The number of ether oxygens (including phenoxy) is 1. The highest BCUT2D eigenvalue weighted by Gasteiger charge is 2.30. The van der Waals surface area contributed by atoms with E-state index in [1.165, 1.54) is 59.1 Å². The first-order valence-electron chi connectivity index (χ1n) is 9.82. The van der Waals surface area contributed by atoms with Gasteiger partial charge in [-0.25, -0.2) is 4.79 Å². The van der Waals surface area contributed by atoms with E-state index in [2.05, 4.69) is 50.2 Å². The Bertz CT molecular complexity index is 782. The Morgan fingerprint density at radius 2 is 1.58 bits per heavy atom. The average Bonchev–Trinajstić information content (AvgIpc) is 2.95. The Balaban J connectivity index is 1.97. The van der Waals surface area contributed by atoms with Gasteiger partial charge in [-0.15, -0.1) is 0 Å². The van der Waals surface area contributed by atoms with Crippen molar-refractivity contribution >= 4 is 6.09 Å². The molecule has 3 rings (SSSR count). The standard InChI is InChI=1S/C23H29NO2/c1-3-5-7-16-10-12-19-20(13-16)18-11-9-17(8-6-4-2)14-21(18)22(19)15-26-23(24)25/h9-14,22H,3-8,15H2,1-2H3,(H2,24,25). The number of aryl methyl sites for hydroxylation is 2. The van der Waals surface area contributed by atoms with E-state index in [-0.39, 0.29) is 5.92 Å². The molecule has 0 saturated carbocycles. The third kappa shape index (κ3) is 3.92. The number of unbranched alkanes of at least 4 members (excludes halogenated alkanes) is 2. The summed E-state index contributed by atoms with van der Waals surface area (Å²) in [5.41, 5.74) is 13.0. The summed E-state index contributed by atoms with van der Waals surface area (Å²) in [7, 11) is 0. The number of fused-ring (bicyclic) bond motifs is 3. The second kappa shape index (κ2) is 8.39. The van der Waals surface area contributed by atoms with E-state index < -0.39 is 6.09 Å². The molecule has 0 bridgehead atoms. The normalized spacial score (nSPS) is 14.8. The summed E-state index contributed by atoms with van der Waals surface area (Å²) in [6.07, 6.45) is 6.27. The van der Waals surface area contributed by atoms with Crippen LogP contribution in [-0.2, 0) is 17.6 Å². The molecule has 1 amide bonds. The molecule has 1 unspecified atom stereocenters. The Morgan fingerprint density at radius 3 is 2.23 bits per heavy atom. The lowest BCUT2D eigenvalue weighted by atomic mass is 9.95. The van der Waals surface area contributed by atoms with Crippen LogP contribution in [0, 0.1) is 0 Å². The van der Waals surface area contributed by atoms with Gasteiger partial charge in [0, 0.05) is 5.92 Å². The summed E-state index contributed by atoms with van der Waals surface area (Å²) >= 11 is 0. The minimum atomic E-state index is -0.707. The first-order valence-corrected chi connectivity index (χ1v) is 9.82. The lowest BCUT2D eigenvalue weighted by Gasteiger charge is -2.14. The van der Waals surface area contributed by atoms with E-state index in [0.29, 0.717) is 6.61 Å². The van der Waals surface area contributed by atoms with Crippen LogP contribution in [0.15, 0.2) is 36.4 Å². The molecule has 2 N–H and O–H groups in total. The largest absolute Gasteiger partial charge is 0.449 e. The number of rotatable bonds is 8. The number of hydrogen-bond donors (Lipinski definition) is 1. The molecule has 1 atom stereocenters. The van der Waals surface area contributed by atoms with Gasteiger partial charge in [-0.3, -0.25) is 0 Å². The van der Waals surface area contributed by atoms with Crippen LogP contribution < -0.4 is 5.73 Å². The topological polar surface area (TPSA) is 52.3 Å². The maximum atomic E-state index is 11.2. The fraction of sp³-hybridized carbons (Fsp3) is 0.435. The molecule has 3 heteroatoms. The number of hydrogen-bond acceptors (Lipinski definition) is 2. The molecule has 0 heterocycles. The van der Waals surface area contributed by atoms with Gasteiger partial charge < -0.3 is 10.5 Å². The first kappa shape index (κ1) is 18.5. The molecular weight excluding hydrogens is 322 g/mol. The molecule has 0 fully saturated rings. The van der Waals surface area contributed by atoms with Crippen molar-refractivity contribution in [3.8, 4) is 11.1 Å². The van der Waals surface area contributed by atoms with Crippen molar-refractivity contribution < 1.29 is 9.53 Å². The van der Waals surface area contributed by atoms with E-state index in [1.807, 2.05) is 0 Å². The molecule has 0 saturated heterocycles.